The predicted molar refractivity (Wildman–Crippen MR) is 139 cm³/mol. The molecule has 0 bridgehead atoms. The van der Waals surface area contributed by atoms with Crippen molar-refractivity contribution in [3.05, 3.63) is 54.4 Å². The van der Waals surface area contributed by atoms with Gasteiger partial charge in [-0.15, -0.1) is 0 Å². The van der Waals surface area contributed by atoms with E-state index in [1.807, 2.05) is 42.3 Å². The van der Waals surface area contributed by atoms with E-state index < -0.39 is 6.04 Å². The highest BCUT2D eigenvalue weighted by molar-refractivity contribution is 5.93. The summed E-state index contributed by atoms with van der Waals surface area (Å²) in [5, 5.41) is 7.13. The zero-order chi connectivity index (χ0) is 25.1. The van der Waals surface area contributed by atoms with Crippen LogP contribution in [0.2, 0.25) is 0 Å². The first kappa shape index (κ1) is 24.5. The van der Waals surface area contributed by atoms with Crippen LogP contribution in [-0.4, -0.2) is 65.6 Å². The summed E-state index contributed by atoms with van der Waals surface area (Å²) in [4.78, 5) is 37.0. The lowest BCUT2D eigenvalue weighted by Crippen LogP contribution is -2.56. The van der Waals surface area contributed by atoms with Crippen LogP contribution in [0.5, 0.6) is 0 Å². The standard InChI is InChI=1S/C28H35N5O3/c1-18(29-2)27(34)32-26(20-11-15-36-16-12-20)28(35)33-14-6-9-23(33)22-17-21-10-13-30-24(25(21)31-22)19-7-4-3-5-8-19/h3-5,7-8,10,13,17-18,20,23,26,29,31H,6,9,11-12,14-16H2,1-2H3,(H,32,34). The van der Waals surface area contributed by atoms with E-state index in [4.69, 9.17) is 4.74 Å². The molecule has 0 saturated carbocycles. The van der Waals surface area contributed by atoms with E-state index in [0.717, 1.165) is 53.5 Å². The van der Waals surface area contributed by atoms with Gasteiger partial charge in [-0.1, -0.05) is 30.3 Å². The van der Waals surface area contributed by atoms with Crippen molar-refractivity contribution >= 4 is 22.7 Å². The molecule has 2 amide bonds. The van der Waals surface area contributed by atoms with Crippen molar-refractivity contribution in [3.8, 4) is 11.3 Å². The molecule has 36 heavy (non-hydrogen) atoms. The molecule has 0 spiro atoms. The second kappa shape index (κ2) is 10.8. The molecule has 2 saturated heterocycles. The lowest BCUT2D eigenvalue weighted by molar-refractivity contribution is -0.140. The molecule has 2 aliphatic heterocycles. The normalized spacial score (nSPS) is 20.4. The first-order valence-electron chi connectivity index (χ1n) is 13.0. The number of likely N-dealkylation sites (N-methyl/N-ethyl adjacent to an activating group) is 1. The van der Waals surface area contributed by atoms with E-state index in [1.54, 1.807) is 7.05 Å². The fourth-order valence-corrected chi connectivity index (χ4v) is 5.44. The Labute approximate surface area is 211 Å². The maximum absolute atomic E-state index is 14.0. The van der Waals surface area contributed by atoms with Crippen LogP contribution in [0.3, 0.4) is 0 Å². The van der Waals surface area contributed by atoms with Crippen molar-refractivity contribution in [1.29, 1.82) is 0 Å². The van der Waals surface area contributed by atoms with E-state index in [1.165, 1.54) is 0 Å². The lowest BCUT2D eigenvalue weighted by Gasteiger charge is -2.35. The van der Waals surface area contributed by atoms with Crippen molar-refractivity contribution in [2.45, 2.75) is 50.7 Å². The quantitative estimate of drug-likeness (QED) is 0.472. The van der Waals surface area contributed by atoms with Gasteiger partial charge in [0.2, 0.25) is 11.8 Å². The molecule has 2 aromatic heterocycles. The molecular weight excluding hydrogens is 454 g/mol. The number of likely N-dealkylation sites (tertiary alicyclic amines) is 1. The summed E-state index contributed by atoms with van der Waals surface area (Å²) in [6, 6.07) is 13.3. The van der Waals surface area contributed by atoms with Gasteiger partial charge in [-0.3, -0.25) is 14.6 Å². The number of fused-ring (bicyclic) bond motifs is 1. The molecule has 8 heteroatoms. The predicted octanol–water partition coefficient (Wildman–Crippen LogP) is 3.41. The van der Waals surface area contributed by atoms with Crippen LogP contribution in [0.4, 0.5) is 0 Å². The van der Waals surface area contributed by atoms with Crippen LogP contribution in [0.15, 0.2) is 48.7 Å². The monoisotopic (exact) mass is 489 g/mol. The zero-order valence-electron chi connectivity index (χ0n) is 21.0. The van der Waals surface area contributed by atoms with Gasteiger partial charge in [0.15, 0.2) is 0 Å². The van der Waals surface area contributed by atoms with E-state index >= 15 is 0 Å². The third kappa shape index (κ3) is 4.88. The number of hydrogen-bond donors (Lipinski definition) is 3. The van der Waals surface area contributed by atoms with Crippen LogP contribution in [0.1, 0.15) is 44.3 Å². The number of aromatic amines is 1. The summed E-state index contributed by atoms with van der Waals surface area (Å²) < 4.78 is 5.54. The molecule has 3 N–H and O–H groups in total. The SMILES string of the molecule is CNC(C)C(=O)NC(C(=O)N1CCCC1c1cc2ccnc(-c3ccccc3)c2[nH]1)C1CCOCC1. The van der Waals surface area contributed by atoms with Crippen molar-refractivity contribution in [2.75, 3.05) is 26.8 Å². The fraction of sp³-hybridized carbons (Fsp3) is 0.464. The van der Waals surface area contributed by atoms with Crippen LogP contribution in [0, 0.1) is 5.92 Å². The molecule has 2 aliphatic rings. The highest BCUT2D eigenvalue weighted by Crippen LogP contribution is 2.36. The second-order valence-corrected chi connectivity index (χ2v) is 9.85. The fourth-order valence-electron chi connectivity index (χ4n) is 5.44. The number of aromatic nitrogens is 2. The molecule has 3 atom stereocenters. The van der Waals surface area contributed by atoms with Gasteiger partial charge in [-0.2, -0.15) is 0 Å². The summed E-state index contributed by atoms with van der Waals surface area (Å²) in [6.07, 6.45) is 5.17. The Bertz CT molecular complexity index is 1200. The summed E-state index contributed by atoms with van der Waals surface area (Å²) in [7, 11) is 1.75. The van der Waals surface area contributed by atoms with Crippen molar-refractivity contribution in [2.24, 2.45) is 5.92 Å². The molecule has 4 heterocycles. The van der Waals surface area contributed by atoms with E-state index in [-0.39, 0.29) is 29.8 Å². The smallest absolute Gasteiger partial charge is 0.246 e. The number of nitrogens with zero attached hydrogens (tertiary/aromatic N) is 2. The van der Waals surface area contributed by atoms with Gasteiger partial charge < -0.3 is 25.3 Å². The van der Waals surface area contributed by atoms with Gasteiger partial charge in [0.05, 0.1) is 23.3 Å². The minimum Gasteiger partial charge on any atom is -0.381 e. The topological polar surface area (TPSA) is 99.4 Å². The number of carbonyl (C=O) groups is 2. The van der Waals surface area contributed by atoms with Gasteiger partial charge in [0, 0.05) is 42.6 Å². The first-order valence-corrected chi connectivity index (χ1v) is 13.0. The van der Waals surface area contributed by atoms with Crippen LogP contribution in [0.25, 0.3) is 22.2 Å². The summed E-state index contributed by atoms with van der Waals surface area (Å²) in [5.41, 5.74) is 3.96. The van der Waals surface area contributed by atoms with Crippen molar-refractivity contribution in [1.82, 2.24) is 25.5 Å². The lowest BCUT2D eigenvalue weighted by atomic mass is 9.90. The maximum Gasteiger partial charge on any atom is 0.246 e. The third-order valence-electron chi connectivity index (χ3n) is 7.63. The molecule has 0 aliphatic carbocycles. The first-order chi connectivity index (χ1) is 17.6. The molecule has 5 rings (SSSR count). The minimum absolute atomic E-state index is 0.00103. The highest BCUT2D eigenvalue weighted by Gasteiger charge is 2.39. The number of nitrogens with one attached hydrogen (secondary N) is 3. The number of H-pyrrole nitrogens is 1. The summed E-state index contributed by atoms with van der Waals surface area (Å²) in [5.74, 6) is -0.0829. The molecule has 3 unspecified atom stereocenters. The van der Waals surface area contributed by atoms with Crippen molar-refractivity contribution < 1.29 is 14.3 Å². The second-order valence-electron chi connectivity index (χ2n) is 9.85. The van der Waals surface area contributed by atoms with E-state index in [9.17, 15) is 9.59 Å². The molecular formula is C28H35N5O3. The molecule has 8 nitrogen and oxygen atoms in total. The number of pyridine rings is 1. The maximum atomic E-state index is 14.0. The van der Waals surface area contributed by atoms with E-state index in [2.05, 4.69) is 38.8 Å². The number of carbonyl (C=O) groups excluding carboxylic acids is 2. The van der Waals surface area contributed by atoms with Gasteiger partial charge in [-0.05, 0) is 57.7 Å². The number of ether oxygens (including phenoxy) is 1. The summed E-state index contributed by atoms with van der Waals surface area (Å²) >= 11 is 0. The number of rotatable bonds is 7. The molecule has 0 radical (unpaired) electrons. The average Bonchev–Trinajstić information content (AvgIpc) is 3.59. The Morgan fingerprint density at radius 3 is 2.67 bits per heavy atom. The molecule has 1 aromatic carbocycles. The Kier molecular flexibility index (Phi) is 7.34. The highest BCUT2D eigenvalue weighted by atomic mass is 16.5. The van der Waals surface area contributed by atoms with Crippen LogP contribution in [-0.2, 0) is 14.3 Å². The Balaban J connectivity index is 1.44. The zero-order valence-corrected chi connectivity index (χ0v) is 21.0. The van der Waals surface area contributed by atoms with Gasteiger partial charge in [0.1, 0.15) is 6.04 Å². The molecule has 190 valence electrons. The Morgan fingerprint density at radius 2 is 1.92 bits per heavy atom. The van der Waals surface area contributed by atoms with Gasteiger partial charge >= 0.3 is 0 Å². The Hall–Kier alpha value is -3.23. The van der Waals surface area contributed by atoms with Crippen LogP contribution < -0.4 is 10.6 Å². The Morgan fingerprint density at radius 1 is 1.14 bits per heavy atom. The largest absolute Gasteiger partial charge is 0.381 e. The number of hydrogen-bond acceptors (Lipinski definition) is 5. The summed E-state index contributed by atoms with van der Waals surface area (Å²) in [6.45, 7) is 3.72. The number of amides is 2. The van der Waals surface area contributed by atoms with Crippen molar-refractivity contribution in [3.63, 3.8) is 0 Å². The molecule has 3 aromatic rings. The van der Waals surface area contributed by atoms with Crippen LogP contribution >= 0.6 is 0 Å². The molecule has 2 fully saturated rings. The van der Waals surface area contributed by atoms with Gasteiger partial charge in [0.25, 0.3) is 0 Å². The number of benzene rings is 1. The third-order valence-corrected chi connectivity index (χ3v) is 7.63. The minimum atomic E-state index is -0.552. The van der Waals surface area contributed by atoms with Gasteiger partial charge in [-0.25, -0.2) is 0 Å². The average molecular weight is 490 g/mol. The van der Waals surface area contributed by atoms with E-state index in [0.29, 0.717) is 19.8 Å².